The minimum atomic E-state index is 0.487. The number of hydrogen-bond donors (Lipinski definition) is 2. The van der Waals surface area contributed by atoms with Crippen molar-refractivity contribution in [1.82, 2.24) is 14.7 Å². The topological polar surface area (TPSA) is 59.1 Å². The zero-order valence-electron chi connectivity index (χ0n) is 11.7. The van der Waals surface area contributed by atoms with Gasteiger partial charge in [-0.05, 0) is 32.4 Å². The van der Waals surface area contributed by atoms with Crippen LogP contribution < -0.4 is 11.1 Å². The number of likely N-dealkylation sites (N-methyl/N-ethyl adjacent to an activating group) is 1. The van der Waals surface area contributed by atoms with E-state index < -0.39 is 0 Å². The first-order chi connectivity index (χ1) is 8.65. The first-order valence-electron chi connectivity index (χ1n) is 6.95. The molecule has 0 aliphatic carbocycles. The molecule has 0 radical (unpaired) electrons. The largest absolute Gasteiger partial charge is 0.394 e. The van der Waals surface area contributed by atoms with E-state index in [2.05, 4.69) is 29.2 Å². The lowest BCUT2D eigenvalue weighted by atomic mass is 10.1. The molecule has 0 bridgehead atoms. The molecule has 5 nitrogen and oxygen atoms in total. The molecule has 0 spiro atoms. The number of piperidine rings is 1. The van der Waals surface area contributed by atoms with E-state index in [0.717, 1.165) is 36.7 Å². The minimum absolute atomic E-state index is 0.487. The van der Waals surface area contributed by atoms with Gasteiger partial charge >= 0.3 is 0 Å². The fourth-order valence-electron chi connectivity index (χ4n) is 2.68. The van der Waals surface area contributed by atoms with Gasteiger partial charge in [0.15, 0.2) is 0 Å². The molecule has 1 saturated heterocycles. The van der Waals surface area contributed by atoms with Crippen molar-refractivity contribution in [3.05, 3.63) is 5.69 Å². The summed E-state index contributed by atoms with van der Waals surface area (Å²) < 4.78 is 1.87. The van der Waals surface area contributed by atoms with Crippen LogP contribution in [-0.4, -0.2) is 40.4 Å². The van der Waals surface area contributed by atoms with E-state index in [1.165, 1.54) is 19.4 Å². The molecule has 1 fully saturated rings. The van der Waals surface area contributed by atoms with Gasteiger partial charge in [0.1, 0.15) is 5.82 Å². The molecule has 0 saturated carbocycles. The number of likely N-dealkylation sites (tertiary alicyclic amines) is 1. The van der Waals surface area contributed by atoms with Gasteiger partial charge in [0.05, 0.1) is 11.4 Å². The molecular weight excluding hydrogens is 226 g/mol. The zero-order valence-corrected chi connectivity index (χ0v) is 11.7. The van der Waals surface area contributed by atoms with Gasteiger partial charge in [-0.3, -0.25) is 4.68 Å². The lowest BCUT2D eigenvalue weighted by Gasteiger charge is -2.32. The molecule has 0 aromatic carbocycles. The van der Waals surface area contributed by atoms with Crippen LogP contribution in [0.15, 0.2) is 0 Å². The molecule has 5 heteroatoms. The van der Waals surface area contributed by atoms with E-state index in [1.807, 2.05) is 11.7 Å². The Labute approximate surface area is 109 Å². The number of hydrogen-bond acceptors (Lipinski definition) is 4. The molecule has 2 heterocycles. The van der Waals surface area contributed by atoms with Crippen LogP contribution in [0, 0.1) is 0 Å². The van der Waals surface area contributed by atoms with Crippen molar-refractivity contribution in [3.8, 4) is 0 Å². The van der Waals surface area contributed by atoms with Crippen LogP contribution in [0.25, 0.3) is 0 Å². The summed E-state index contributed by atoms with van der Waals surface area (Å²) in [5.41, 5.74) is 7.94. The predicted molar refractivity (Wildman–Crippen MR) is 75.8 cm³/mol. The Kier molecular flexibility index (Phi) is 4.11. The maximum absolute atomic E-state index is 6.14. The Morgan fingerprint density at radius 3 is 2.83 bits per heavy atom. The van der Waals surface area contributed by atoms with Crippen LogP contribution in [0.3, 0.4) is 0 Å². The Bertz CT molecular complexity index is 398. The first-order valence-corrected chi connectivity index (χ1v) is 6.95. The summed E-state index contributed by atoms with van der Waals surface area (Å²) in [4.78, 5) is 2.48. The minimum Gasteiger partial charge on any atom is -0.394 e. The van der Waals surface area contributed by atoms with Crippen LogP contribution in [-0.2, 0) is 13.5 Å². The molecule has 1 aromatic heterocycles. The summed E-state index contributed by atoms with van der Waals surface area (Å²) in [6.45, 7) is 7.75. The summed E-state index contributed by atoms with van der Waals surface area (Å²) >= 11 is 0. The van der Waals surface area contributed by atoms with Gasteiger partial charge in [-0.25, -0.2) is 0 Å². The number of aryl methyl sites for hydroxylation is 2. The average molecular weight is 251 g/mol. The second-order valence-electron chi connectivity index (χ2n) is 5.06. The maximum atomic E-state index is 6.14. The van der Waals surface area contributed by atoms with E-state index >= 15 is 0 Å². The van der Waals surface area contributed by atoms with E-state index in [0.29, 0.717) is 6.04 Å². The van der Waals surface area contributed by atoms with Crippen molar-refractivity contribution in [2.24, 2.45) is 7.05 Å². The first kappa shape index (κ1) is 13.2. The molecular formula is C13H25N5. The number of nitrogens with one attached hydrogen (secondary N) is 1. The Balaban J connectivity index is 2.07. The van der Waals surface area contributed by atoms with Crippen molar-refractivity contribution in [1.29, 1.82) is 0 Å². The molecule has 1 unspecified atom stereocenters. The van der Waals surface area contributed by atoms with Crippen molar-refractivity contribution in [3.63, 3.8) is 0 Å². The van der Waals surface area contributed by atoms with Gasteiger partial charge in [-0.1, -0.05) is 13.8 Å². The molecule has 102 valence electrons. The quantitative estimate of drug-likeness (QED) is 0.850. The number of rotatable bonds is 4. The highest BCUT2D eigenvalue weighted by molar-refractivity contribution is 5.65. The highest BCUT2D eigenvalue weighted by Gasteiger charge is 2.21. The van der Waals surface area contributed by atoms with Crippen LogP contribution in [0.5, 0.6) is 0 Å². The molecule has 2 rings (SSSR count). The van der Waals surface area contributed by atoms with Crippen LogP contribution in [0.1, 0.15) is 32.4 Å². The molecule has 3 N–H and O–H groups in total. The van der Waals surface area contributed by atoms with E-state index in [9.17, 15) is 0 Å². The van der Waals surface area contributed by atoms with Gasteiger partial charge in [-0.2, -0.15) is 5.10 Å². The maximum Gasteiger partial charge on any atom is 0.148 e. The monoisotopic (exact) mass is 251 g/mol. The lowest BCUT2D eigenvalue weighted by molar-refractivity contribution is 0.226. The van der Waals surface area contributed by atoms with Crippen molar-refractivity contribution < 1.29 is 0 Å². The molecule has 1 aromatic rings. The zero-order chi connectivity index (χ0) is 13.1. The summed E-state index contributed by atoms with van der Waals surface area (Å²) in [5.74, 6) is 0.981. The van der Waals surface area contributed by atoms with Crippen molar-refractivity contribution in [2.45, 2.75) is 39.2 Å². The van der Waals surface area contributed by atoms with Gasteiger partial charge in [0.25, 0.3) is 0 Å². The molecule has 0 amide bonds. The fourth-order valence-corrected chi connectivity index (χ4v) is 2.68. The summed E-state index contributed by atoms with van der Waals surface area (Å²) in [7, 11) is 1.96. The molecule has 1 aliphatic rings. The van der Waals surface area contributed by atoms with Crippen molar-refractivity contribution >= 4 is 11.5 Å². The number of nitrogens with two attached hydrogens (primary N) is 1. The summed E-state index contributed by atoms with van der Waals surface area (Å²) in [6.07, 6.45) is 3.35. The van der Waals surface area contributed by atoms with E-state index in [4.69, 9.17) is 5.73 Å². The highest BCUT2D eigenvalue weighted by atomic mass is 15.3. The Hall–Kier alpha value is -1.23. The summed E-state index contributed by atoms with van der Waals surface area (Å²) in [6, 6.07) is 0.487. The second kappa shape index (κ2) is 5.61. The fraction of sp³-hybridized carbons (Fsp3) is 0.769. The smallest absolute Gasteiger partial charge is 0.148 e. The summed E-state index contributed by atoms with van der Waals surface area (Å²) in [5, 5.41) is 8.02. The Morgan fingerprint density at radius 1 is 1.44 bits per heavy atom. The third kappa shape index (κ3) is 2.61. The average Bonchev–Trinajstić information content (AvgIpc) is 2.66. The second-order valence-corrected chi connectivity index (χ2v) is 5.06. The molecule has 1 atom stereocenters. The Morgan fingerprint density at radius 2 is 2.22 bits per heavy atom. The van der Waals surface area contributed by atoms with E-state index in [-0.39, 0.29) is 0 Å². The normalized spacial score (nSPS) is 21.2. The van der Waals surface area contributed by atoms with Crippen LogP contribution >= 0.6 is 0 Å². The van der Waals surface area contributed by atoms with Gasteiger partial charge in [0, 0.05) is 19.6 Å². The van der Waals surface area contributed by atoms with Crippen molar-refractivity contribution in [2.75, 3.05) is 30.7 Å². The van der Waals surface area contributed by atoms with Crippen LogP contribution in [0.4, 0.5) is 11.5 Å². The standard InChI is InChI=1S/C13H25N5/c1-4-11-12(14)13(17(3)16-11)15-10-7-6-8-18(5-2)9-10/h10,15H,4-9,14H2,1-3H3. The third-order valence-electron chi connectivity index (χ3n) is 3.79. The number of anilines is 2. The van der Waals surface area contributed by atoms with Gasteiger partial charge in [0.2, 0.25) is 0 Å². The number of aromatic nitrogens is 2. The van der Waals surface area contributed by atoms with Crippen LogP contribution in [0.2, 0.25) is 0 Å². The lowest BCUT2D eigenvalue weighted by Crippen LogP contribution is -2.42. The number of nitrogens with zero attached hydrogens (tertiary/aromatic N) is 3. The van der Waals surface area contributed by atoms with Gasteiger partial charge < -0.3 is 16.0 Å². The number of nitrogen functional groups attached to an aromatic ring is 1. The predicted octanol–water partition coefficient (Wildman–Crippen LogP) is 1.46. The highest BCUT2D eigenvalue weighted by Crippen LogP contribution is 2.24. The molecule has 18 heavy (non-hydrogen) atoms. The third-order valence-corrected chi connectivity index (χ3v) is 3.79. The van der Waals surface area contributed by atoms with E-state index in [1.54, 1.807) is 0 Å². The van der Waals surface area contributed by atoms with Gasteiger partial charge in [-0.15, -0.1) is 0 Å². The SMILES string of the molecule is CCc1nn(C)c(NC2CCCN(CC)C2)c1N. The molecule has 1 aliphatic heterocycles.